The molecule has 0 saturated heterocycles. The third kappa shape index (κ3) is 5.84. The summed E-state index contributed by atoms with van der Waals surface area (Å²) in [5.41, 5.74) is 1.36. The van der Waals surface area contributed by atoms with Crippen LogP contribution in [0.25, 0.3) is 0 Å². The van der Waals surface area contributed by atoms with Crippen molar-refractivity contribution < 1.29 is 23.4 Å². The van der Waals surface area contributed by atoms with Gasteiger partial charge in [0.15, 0.2) is 0 Å². The molecule has 124 valence electrons. The van der Waals surface area contributed by atoms with Crippen molar-refractivity contribution in [1.82, 2.24) is 10.6 Å². The van der Waals surface area contributed by atoms with Crippen LogP contribution in [0.3, 0.4) is 0 Å². The number of ether oxygens (including phenoxy) is 1. The van der Waals surface area contributed by atoms with Gasteiger partial charge in [-0.15, -0.1) is 0 Å². The zero-order chi connectivity index (χ0) is 16.7. The van der Waals surface area contributed by atoms with Crippen molar-refractivity contribution in [2.75, 3.05) is 6.54 Å². The number of carbonyl (C=O) groups is 1. The Kier molecular flexibility index (Phi) is 6.30. The van der Waals surface area contributed by atoms with Gasteiger partial charge in [-0.25, -0.2) is 4.79 Å². The summed E-state index contributed by atoms with van der Waals surface area (Å²) in [4.78, 5) is 11.7. The molecule has 2 rings (SSSR count). The number of thiophene rings is 1. The second-order valence-corrected chi connectivity index (χ2v) is 5.44. The number of aliphatic hydroxyl groups excluding tert-OH is 1. The fourth-order valence-corrected chi connectivity index (χ4v) is 2.56. The van der Waals surface area contributed by atoms with Crippen molar-refractivity contribution in [1.29, 1.82) is 0 Å². The van der Waals surface area contributed by atoms with Gasteiger partial charge in [0.05, 0.1) is 6.10 Å². The standard InChI is InChI=1S/C15H16F2N2O3S/c16-14(17)22-12-3-1-2-10(6-12)7-18-15(21)19-8-13(20)11-4-5-23-9-11/h1-6,9,13-14,20H,7-8H2,(H2,18,19,21). The summed E-state index contributed by atoms with van der Waals surface area (Å²) in [5, 5.41) is 18.6. The van der Waals surface area contributed by atoms with Gasteiger partial charge in [0.1, 0.15) is 5.75 Å². The summed E-state index contributed by atoms with van der Waals surface area (Å²) in [6, 6.07) is 7.40. The Hall–Kier alpha value is -2.19. The van der Waals surface area contributed by atoms with Crippen LogP contribution in [-0.2, 0) is 6.54 Å². The predicted octanol–water partition coefficient (Wildman–Crippen LogP) is 2.88. The molecule has 0 aliphatic carbocycles. The van der Waals surface area contributed by atoms with E-state index >= 15 is 0 Å². The molecule has 0 radical (unpaired) electrons. The van der Waals surface area contributed by atoms with E-state index in [2.05, 4.69) is 15.4 Å². The van der Waals surface area contributed by atoms with Crippen LogP contribution in [0.4, 0.5) is 13.6 Å². The minimum Gasteiger partial charge on any atom is -0.435 e. The molecule has 0 aliphatic heterocycles. The Morgan fingerprint density at radius 1 is 1.30 bits per heavy atom. The zero-order valence-electron chi connectivity index (χ0n) is 12.0. The molecule has 1 aromatic carbocycles. The highest BCUT2D eigenvalue weighted by Crippen LogP contribution is 2.16. The number of alkyl halides is 2. The lowest BCUT2D eigenvalue weighted by atomic mass is 10.2. The number of benzene rings is 1. The van der Waals surface area contributed by atoms with Crippen LogP contribution in [0.2, 0.25) is 0 Å². The second kappa shape index (κ2) is 8.44. The molecule has 23 heavy (non-hydrogen) atoms. The largest absolute Gasteiger partial charge is 0.435 e. The lowest BCUT2D eigenvalue weighted by molar-refractivity contribution is -0.0498. The maximum absolute atomic E-state index is 12.1. The van der Waals surface area contributed by atoms with Gasteiger partial charge in [0.2, 0.25) is 0 Å². The van der Waals surface area contributed by atoms with Crippen LogP contribution < -0.4 is 15.4 Å². The summed E-state index contributed by atoms with van der Waals surface area (Å²) >= 11 is 1.46. The van der Waals surface area contributed by atoms with E-state index in [-0.39, 0.29) is 18.8 Å². The summed E-state index contributed by atoms with van der Waals surface area (Å²) in [7, 11) is 0. The number of hydrogen-bond acceptors (Lipinski definition) is 4. The molecule has 8 heteroatoms. The molecule has 0 saturated carbocycles. The molecule has 0 spiro atoms. The van der Waals surface area contributed by atoms with E-state index < -0.39 is 18.7 Å². The number of nitrogens with one attached hydrogen (secondary N) is 2. The molecular formula is C15H16F2N2O3S. The van der Waals surface area contributed by atoms with Crippen LogP contribution in [-0.4, -0.2) is 24.3 Å². The number of carbonyl (C=O) groups excluding carboxylic acids is 1. The maximum Gasteiger partial charge on any atom is 0.387 e. The van der Waals surface area contributed by atoms with Gasteiger partial charge >= 0.3 is 12.6 Å². The first kappa shape index (κ1) is 17.2. The lowest BCUT2D eigenvalue weighted by Gasteiger charge is -2.12. The number of amides is 2. The number of aliphatic hydroxyl groups is 1. The van der Waals surface area contributed by atoms with Crippen molar-refractivity contribution in [3.8, 4) is 5.75 Å². The zero-order valence-corrected chi connectivity index (χ0v) is 12.9. The Bertz CT molecular complexity index is 623. The quantitative estimate of drug-likeness (QED) is 0.725. The third-order valence-electron chi connectivity index (χ3n) is 2.96. The molecule has 1 aromatic heterocycles. The highest BCUT2D eigenvalue weighted by atomic mass is 32.1. The number of urea groups is 1. The summed E-state index contributed by atoms with van der Waals surface area (Å²) < 4.78 is 28.6. The summed E-state index contributed by atoms with van der Waals surface area (Å²) in [6.07, 6.45) is -0.769. The first-order valence-corrected chi connectivity index (χ1v) is 7.74. The molecule has 0 aliphatic rings. The van der Waals surface area contributed by atoms with Gasteiger partial charge in [-0.2, -0.15) is 20.1 Å². The summed E-state index contributed by atoms with van der Waals surface area (Å²) in [5.74, 6) is 0.0348. The van der Waals surface area contributed by atoms with E-state index in [0.717, 1.165) is 5.56 Å². The van der Waals surface area contributed by atoms with E-state index in [1.807, 2.05) is 5.38 Å². The average molecular weight is 342 g/mol. The monoisotopic (exact) mass is 342 g/mol. The number of hydrogen-bond donors (Lipinski definition) is 3. The van der Waals surface area contributed by atoms with Crippen LogP contribution in [0.1, 0.15) is 17.2 Å². The van der Waals surface area contributed by atoms with Gasteiger partial charge in [-0.05, 0) is 40.1 Å². The summed E-state index contributed by atoms with van der Waals surface area (Å²) in [6.45, 7) is -2.65. The smallest absolute Gasteiger partial charge is 0.387 e. The predicted molar refractivity (Wildman–Crippen MR) is 82.6 cm³/mol. The molecular weight excluding hydrogens is 326 g/mol. The van der Waals surface area contributed by atoms with Crippen LogP contribution >= 0.6 is 11.3 Å². The van der Waals surface area contributed by atoms with Gasteiger partial charge in [-0.3, -0.25) is 0 Å². The minimum absolute atomic E-state index is 0.0348. The first-order valence-electron chi connectivity index (χ1n) is 6.80. The topological polar surface area (TPSA) is 70.6 Å². The van der Waals surface area contributed by atoms with Gasteiger partial charge in [-0.1, -0.05) is 12.1 Å². The number of rotatable bonds is 7. The van der Waals surface area contributed by atoms with Crippen LogP contribution in [0.15, 0.2) is 41.1 Å². The average Bonchev–Trinajstić information content (AvgIpc) is 3.05. The molecule has 3 N–H and O–H groups in total. The molecule has 1 unspecified atom stereocenters. The van der Waals surface area contributed by atoms with E-state index in [1.54, 1.807) is 23.6 Å². The van der Waals surface area contributed by atoms with Crippen molar-refractivity contribution in [2.24, 2.45) is 0 Å². The Balaban J connectivity index is 1.76. The van der Waals surface area contributed by atoms with Gasteiger partial charge < -0.3 is 20.5 Å². The molecule has 0 fully saturated rings. The van der Waals surface area contributed by atoms with Gasteiger partial charge in [0, 0.05) is 13.1 Å². The van der Waals surface area contributed by atoms with Crippen molar-refractivity contribution in [3.05, 3.63) is 52.2 Å². The van der Waals surface area contributed by atoms with Gasteiger partial charge in [0.25, 0.3) is 0 Å². The number of halogens is 2. The molecule has 2 aromatic rings. The minimum atomic E-state index is -2.89. The van der Waals surface area contributed by atoms with Crippen molar-refractivity contribution >= 4 is 17.4 Å². The molecule has 1 heterocycles. The molecule has 0 bridgehead atoms. The van der Waals surface area contributed by atoms with Crippen molar-refractivity contribution in [2.45, 2.75) is 19.3 Å². The molecule has 1 atom stereocenters. The molecule has 5 nitrogen and oxygen atoms in total. The van der Waals surface area contributed by atoms with E-state index in [1.165, 1.54) is 23.5 Å². The normalized spacial score (nSPS) is 12.0. The fraction of sp³-hybridized carbons (Fsp3) is 0.267. The van der Waals surface area contributed by atoms with Crippen molar-refractivity contribution in [3.63, 3.8) is 0 Å². The third-order valence-corrected chi connectivity index (χ3v) is 3.66. The van der Waals surface area contributed by atoms with Crippen LogP contribution in [0.5, 0.6) is 5.75 Å². The highest BCUT2D eigenvalue weighted by molar-refractivity contribution is 7.07. The second-order valence-electron chi connectivity index (χ2n) is 4.66. The van der Waals surface area contributed by atoms with E-state index in [4.69, 9.17) is 0 Å². The SMILES string of the molecule is O=C(NCc1cccc(OC(F)F)c1)NCC(O)c1ccsc1. The van der Waals surface area contributed by atoms with E-state index in [0.29, 0.717) is 5.56 Å². The molecule has 2 amide bonds. The maximum atomic E-state index is 12.1. The van der Waals surface area contributed by atoms with Crippen LogP contribution in [0, 0.1) is 0 Å². The Morgan fingerprint density at radius 3 is 2.83 bits per heavy atom. The lowest BCUT2D eigenvalue weighted by Crippen LogP contribution is -2.37. The van der Waals surface area contributed by atoms with E-state index in [9.17, 15) is 18.7 Å². The fourth-order valence-electron chi connectivity index (χ4n) is 1.85. The highest BCUT2D eigenvalue weighted by Gasteiger charge is 2.10. The Labute approximate surface area is 135 Å². The first-order chi connectivity index (χ1) is 11.0. The Morgan fingerprint density at radius 2 is 2.13 bits per heavy atom.